The van der Waals surface area contributed by atoms with Gasteiger partial charge < -0.3 is 16.9 Å². The number of hydrogen-bond donors (Lipinski definition) is 0. The maximum absolute atomic E-state index is 2.63. The normalized spacial score (nSPS) is 11.8. The lowest BCUT2D eigenvalue weighted by atomic mass is 10.0. The van der Waals surface area contributed by atoms with E-state index in [0.717, 1.165) is 0 Å². The number of nitrogens with zero attached hydrogens (tertiary/aromatic N) is 1. The molecule has 0 radical (unpaired) electrons. The van der Waals surface area contributed by atoms with Crippen LogP contribution in [0.15, 0.2) is 0 Å². The molecule has 0 fully saturated rings. The summed E-state index contributed by atoms with van der Waals surface area (Å²) in [4.78, 5) is 0. The average molecular weight is 741 g/mol. The van der Waals surface area contributed by atoms with Gasteiger partial charge in [0, 0.05) is 0 Å². The van der Waals surface area contributed by atoms with E-state index < -0.39 is 0 Å². The predicted octanol–water partition coefficient (Wildman–Crippen LogP) is 14.9. The van der Waals surface area contributed by atoms with Crippen molar-refractivity contribution in [3.63, 3.8) is 0 Å². The molecule has 0 aromatic carbocycles. The molecule has 2 heteroatoms. The number of halogens is 1. The molecule has 0 amide bonds. The second-order valence-corrected chi connectivity index (χ2v) is 17.6. The molecule has 51 heavy (non-hydrogen) atoms. The van der Waals surface area contributed by atoms with E-state index in [1.54, 1.807) is 0 Å². The van der Waals surface area contributed by atoms with Gasteiger partial charge in [0.25, 0.3) is 0 Å². The van der Waals surface area contributed by atoms with Gasteiger partial charge in [-0.05, 0) is 38.5 Å². The Kier molecular flexibility index (Phi) is 48.5. The van der Waals surface area contributed by atoms with Crippen LogP contribution < -0.4 is 12.4 Å². The van der Waals surface area contributed by atoms with Crippen molar-refractivity contribution in [3.8, 4) is 0 Å². The monoisotopic (exact) mass is 740 g/mol. The molecule has 0 rings (SSSR count). The largest absolute Gasteiger partial charge is 1.00 e. The molecule has 0 unspecified atom stereocenters. The topological polar surface area (TPSA) is 0 Å². The standard InChI is InChI=1S/C49H102N.ClH/c1-5-8-11-14-17-20-23-26-29-32-35-38-41-44-47-50(4,48-45-42-39-36-33-30-27-24-21-18-15-12-9-6-2)49-46-43-40-37-34-31-28-25-22-19-16-13-10-7-3;/h5-49H2,1-4H3;1H/q+1;/p-1. The van der Waals surface area contributed by atoms with Gasteiger partial charge in [0.2, 0.25) is 0 Å². The fourth-order valence-electron chi connectivity index (χ4n) is 8.40. The molecule has 0 saturated carbocycles. The van der Waals surface area contributed by atoms with E-state index in [-0.39, 0.29) is 12.4 Å². The van der Waals surface area contributed by atoms with Crippen LogP contribution in [0.1, 0.15) is 290 Å². The number of rotatable bonds is 45. The van der Waals surface area contributed by atoms with Crippen LogP contribution in [-0.2, 0) is 0 Å². The maximum atomic E-state index is 2.63. The van der Waals surface area contributed by atoms with Gasteiger partial charge in [-0.2, -0.15) is 0 Å². The molecule has 0 saturated heterocycles. The van der Waals surface area contributed by atoms with E-state index in [2.05, 4.69) is 27.8 Å². The van der Waals surface area contributed by atoms with Crippen molar-refractivity contribution in [2.75, 3.05) is 26.7 Å². The zero-order valence-electron chi connectivity index (χ0n) is 36.6. The van der Waals surface area contributed by atoms with Crippen LogP contribution in [0.2, 0.25) is 0 Å². The fourth-order valence-corrected chi connectivity index (χ4v) is 8.40. The maximum Gasteiger partial charge on any atom is 0.0784 e. The van der Waals surface area contributed by atoms with Gasteiger partial charge >= 0.3 is 0 Å². The third-order valence-corrected chi connectivity index (χ3v) is 12.2. The Morgan fingerprint density at radius 2 is 0.314 bits per heavy atom. The molecular weight excluding hydrogens is 638 g/mol. The molecular formula is C49H102ClN. The Hall–Kier alpha value is 0.250. The number of quaternary nitrogens is 1. The predicted molar refractivity (Wildman–Crippen MR) is 232 cm³/mol. The first kappa shape index (κ1) is 53.4. The van der Waals surface area contributed by atoms with E-state index in [9.17, 15) is 0 Å². The summed E-state index contributed by atoms with van der Waals surface area (Å²) >= 11 is 0. The summed E-state index contributed by atoms with van der Waals surface area (Å²) < 4.78 is 1.37. The minimum absolute atomic E-state index is 0. The summed E-state index contributed by atoms with van der Waals surface area (Å²) in [5, 5.41) is 0. The summed E-state index contributed by atoms with van der Waals surface area (Å²) in [6, 6.07) is 0. The van der Waals surface area contributed by atoms with Crippen LogP contribution in [0.25, 0.3) is 0 Å². The summed E-state index contributed by atoms with van der Waals surface area (Å²) in [5.41, 5.74) is 0. The second-order valence-electron chi connectivity index (χ2n) is 17.6. The average Bonchev–Trinajstić information content (AvgIpc) is 3.12. The quantitative estimate of drug-likeness (QED) is 0.0431. The zero-order valence-corrected chi connectivity index (χ0v) is 37.4. The number of unbranched alkanes of at least 4 members (excludes halogenated alkanes) is 39. The lowest BCUT2D eigenvalue weighted by Gasteiger charge is -2.35. The van der Waals surface area contributed by atoms with Crippen molar-refractivity contribution < 1.29 is 16.9 Å². The summed E-state index contributed by atoms with van der Waals surface area (Å²) in [7, 11) is 2.63. The van der Waals surface area contributed by atoms with Gasteiger partial charge in [-0.3, -0.25) is 0 Å². The molecule has 0 aromatic rings. The van der Waals surface area contributed by atoms with Crippen LogP contribution in [0.5, 0.6) is 0 Å². The molecule has 0 spiro atoms. The summed E-state index contributed by atoms with van der Waals surface area (Å²) in [6.07, 6.45) is 61.7. The van der Waals surface area contributed by atoms with Crippen LogP contribution in [-0.4, -0.2) is 31.2 Å². The second kappa shape index (κ2) is 46.4. The van der Waals surface area contributed by atoms with E-state index in [4.69, 9.17) is 0 Å². The van der Waals surface area contributed by atoms with Crippen molar-refractivity contribution in [1.29, 1.82) is 0 Å². The van der Waals surface area contributed by atoms with Crippen LogP contribution >= 0.6 is 0 Å². The van der Waals surface area contributed by atoms with Gasteiger partial charge in [0.15, 0.2) is 0 Å². The molecule has 0 aromatic heterocycles. The molecule has 0 aliphatic heterocycles. The Balaban J connectivity index is 0. The molecule has 0 bridgehead atoms. The Bertz CT molecular complexity index is 512. The highest BCUT2D eigenvalue weighted by molar-refractivity contribution is 4.54. The third kappa shape index (κ3) is 44.5. The first-order valence-electron chi connectivity index (χ1n) is 24.5. The highest BCUT2D eigenvalue weighted by Gasteiger charge is 2.20. The van der Waals surface area contributed by atoms with Crippen LogP contribution in [0.4, 0.5) is 0 Å². The SMILES string of the molecule is CCCCCCCCCCCCCCCC[N+](C)(CCCCCCCCCCCCCCCC)CCCCCCCCCCCCCCCC.[Cl-]. The molecule has 0 heterocycles. The van der Waals surface area contributed by atoms with E-state index in [1.165, 1.54) is 294 Å². The highest BCUT2D eigenvalue weighted by Crippen LogP contribution is 2.19. The smallest absolute Gasteiger partial charge is 0.0784 e. The van der Waals surface area contributed by atoms with Crippen molar-refractivity contribution in [2.24, 2.45) is 0 Å². The van der Waals surface area contributed by atoms with Gasteiger partial charge in [-0.25, -0.2) is 0 Å². The van der Waals surface area contributed by atoms with Gasteiger partial charge in [-0.15, -0.1) is 0 Å². The lowest BCUT2D eigenvalue weighted by Crippen LogP contribution is -3.00. The summed E-state index contributed by atoms with van der Waals surface area (Å²) in [6.45, 7) is 11.3. The molecule has 310 valence electrons. The minimum Gasteiger partial charge on any atom is -1.00 e. The first-order valence-corrected chi connectivity index (χ1v) is 24.5. The first-order chi connectivity index (χ1) is 24.7. The van der Waals surface area contributed by atoms with E-state index in [0.29, 0.717) is 0 Å². The van der Waals surface area contributed by atoms with E-state index >= 15 is 0 Å². The fraction of sp³-hybridized carbons (Fsp3) is 1.00. The third-order valence-electron chi connectivity index (χ3n) is 12.2. The molecule has 1 nitrogen and oxygen atoms in total. The number of hydrogen-bond acceptors (Lipinski definition) is 0. The van der Waals surface area contributed by atoms with Crippen molar-refractivity contribution in [3.05, 3.63) is 0 Å². The Morgan fingerprint density at radius 1 is 0.196 bits per heavy atom. The Morgan fingerprint density at radius 3 is 0.451 bits per heavy atom. The Labute approximate surface area is 332 Å². The highest BCUT2D eigenvalue weighted by atomic mass is 35.5. The van der Waals surface area contributed by atoms with Crippen molar-refractivity contribution >= 4 is 0 Å². The summed E-state index contributed by atoms with van der Waals surface area (Å²) in [5.74, 6) is 0. The lowest BCUT2D eigenvalue weighted by molar-refractivity contribution is -0.910. The van der Waals surface area contributed by atoms with Crippen molar-refractivity contribution in [1.82, 2.24) is 0 Å². The van der Waals surface area contributed by atoms with Crippen molar-refractivity contribution in [2.45, 2.75) is 290 Å². The van der Waals surface area contributed by atoms with Gasteiger partial charge in [0.1, 0.15) is 0 Å². The molecule has 0 aliphatic rings. The van der Waals surface area contributed by atoms with E-state index in [1.807, 2.05) is 0 Å². The van der Waals surface area contributed by atoms with Gasteiger partial charge in [-0.1, -0.05) is 252 Å². The molecule has 0 N–H and O–H groups in total. The molecule has 0 aliphatic carbocycles. The minimum atomic E-state index is 0. The van der Waals surface area contributed by atoms with Gasteiger partial charge in [0.05, 0.1) is 26.7 Å². The zero-order chi connectivity index (χ0) is 36.3. The van der Waals surface area contributed by atoms with Crippen LogP contribution in [0.3, 0.4) is 0 Å². The molecule has 0 atom stereocenters. The van der Waals surface area contributed by atoms with Crippen LogP contribution in [0, 0.1) is 0 Å².